The van der Waals surface area contributed by atoms with Gasteiger partial charge in [-0.25, -0.2) is 8.78 Å². The predicted molar refractivity (Wildman–Crippen MR) is 103 cm³/mol. The van der Waals surface area contributed by atoms with E-state index in [-0.39, 0.29) is 11.6 Å². The Morgan fingerprint density at radius 2 is 1.37 bits per heavy atom. The lowest BCUT2D eigenvalue weighted by Crippen LogP contribution is -2.22. The van der Waals surface area contributed by atoms with Crippen LogP contribution in [0.4, 0.5) is 14.5 Å². The van der Waals surface area contributed by atoms with Gasteiger partial charge in [-0.1, -0.05) is 24.3 Å². The number of benzene rings is 3. The minimum Gasteiger partial charge on any atom is -0.363 e. The number of nitrogens with zero attached hydrogens (tertiary/aromatic N) is 3. The molecule has 0 bridgehead atoms. The molecule has 0 radical (unpaired) electrons. The van der Waals surface area contributed by atoms with Crippen molar-refractivity contribution in [1.82, 2.24) is 9.78 Å². The second-order valence-corrected chi connectivity index (χ2v) is 6.62. The van der Waals surface area contributed by atoms with Gasteiger partial charge in [0.25, 0.3) is 0 Å². The van der Waals surface area contributed by atoms with Crippen molar-refractivity contribution in [3.05, 3.63) is 95.7 Å². The number of hydrogen-bond acceptors (Lipinski definition) is 2. The van der Waals surface area contributed by atoms with Crippen LogP contribution >= 0.6 is 0 Å². The highest BCUT2D eigenvalue weighted by atomic mass is 19.1. The van der Waals surface area contributed by atoms with Gasteiger partial charge in [0.2, 0.25) is 0 Å². The molecule has 0 aliphatic carbocycles. The summed E-state index contributed by atoms with van der Waals surface area (Å²) in [6.45, 7) is 1.23. The SMILES string of the molecule is Cn1ncc2cc(N(Cc3ccc(F)cc3)Cc3ccc(F)cc3)ccc21. The summed E-state index contributed by atoms with van der Waals surface area (Å²) in [5.41, 5.74) is 4.10. The first kappa shape index (κ1) is 17.2. The molecule has 27 heavy (non-hydrogen) atoms. The van der Waals surface area contributed by atoms with E-state index < -0.39 is 0 Å². The van der Waals surface area contributed by atoms with Crippen LogP contribution in [-0.2, 0) is 20.1 Å². The lowest BCUT2D eigenvalue weighted by Gasteiger charge is -2.25. The maximum atomic E-state index is 13.3. The molecule has 0 fully saturated rings. The van der Waals surface area contributed by atoms with Crippen LogP contribution in [0.2, 0.25) is 0 Å². The summed E-state index contributed by atoms with van der Waals surface area (Å²) in [5.74, 6) is -0.499. The fourth-order valence-corrected chi connectivity index (χ4v) is 3.21. The number of aryl methyl sites for hydroxylation is 1. The third kappa shape index (κ3) is 3.82. The van der Waals surface area contributed by atoms with Gasteiger partial charge in [0.1, 0.15) is 11.6 Å². The fraction of sp³-hybridized carbons (Fsp3) is 0.136. The van der Waals surface area contributed by atoms with E-state index in [1.807, 2.05) is 24.0 Å². The van der Waals surface area contributed by atoms with Crippen molar-refractivity contribution in [1.29, 1.82) is 0 Å². The molecule has 0 unspecified atom stereocenters. The fourth-order valence-electron chi connectivity index (χ4n) is 3.21. The van der Waals surface area contributed by atoms with Crippen LogP contribution in [0.5, 0.6) is 0 Å². The molecule has 1 aromatic heterocycles. The van der Waals surface area contributed by atoms with Crippen molar-refractivity contribution >= 4 is 16.6 Å². The van der Waals surface area contributed by atoms with E-state index >= 15 is 0 Å². The van der Waals surface area contributed by atoms with Gasteiger partial charge >= 0.3 is 0 Å². The number of aromatic nitrogens is 2. The molecule has 4 aromatic rings. The predicted octanol–water partition coefficient (Wildman–Crippen LogP) is 5.06. The smallest absolute Gasteiger partial charge is 0.123 e. The number of fused-ring (bicyclic) bond motifs is 1. The Morgan fingerprint density at radius 1 is 0.815 bits per heavy atom. The zero-order valence-corrected chi connectivity index (χ0v) is 14.9. The molecule has 0 atom stereocenters. The van der Waals surface area contributed by atoms with Crippen molar-refractivity contribution in [2.24, 2.45) is 7.05 Å². The van der Waals surface area contributed by atoms with Crippen molar-refractivity contribution in [3.8, 4) is 0 Å². The monoisotopic (exact) mass is 363 g/mol. The standard InChI is InChI=1S/C22H19F2N3/c1-26-22-11-10-21(12-18(22)13-25-26)27(14-16-2-6-19(23)7-3-16)15-17-4-8-20(24)9-5-17/h2-13H,14-15H2,1H3. The number of halogens is 2. The highest BCUT2D eigenvalue weighted by Gasteiger charge is 2.11. The van der Waals surface area contributed by atoms with Gasteiger partial charge in [0.05, 0.1) is 11.7 Å². The van der Waals surface area contributed by atoms with Crippen LogP contribution < -0.4 is 4.90 Å². The van der Waals surface area contributed by atoms with Crippen molar-refractivity contribution in [2.45, 2.75) is 13.1 Å². The molecule has 0 N–H and O–H groups in total. The second kappa shape index (κ2) is 7.19. The zero-order chi connectivity index (χ0) is 18.8. The molecule has 136 valence electrons. The van der Waals surface area contributed by atoms with Gasteiger partial charge in [-0.05, 0) is 53.6 Å². The molecule has 0 aliphatic rings. The first-order chi connectivity index (χ1) is 13.1. The largest absolute Gasteiger partial charge is 0.363 e. The Hall–Kier alpha value is -3.21. The van der Waals surface area contributed by atoms with E-state index in [1.54, 1.807) is 24.3 Å². The molecule has 0 saturated carbocycles. The Kier molecular flexibility index (Phi) is 4.59. The maximum absolute atomic E-state index is 13.3. The van der Waals surface area contributed by atoms with Gasteiger partial charge in [0, 0.05) is 31.2 Å². The van der Waals surface area contributed by atoms with Crippen LogP contribution in [0.25, 0.3) is 10.9 Å². The van der Waals surface area contributed by atoms with E-state index in [0.29, 0.717) is 13.1 Å². The van der Waals surface area contributed by atoms with E-state index in [0.717, 1.165) is 27.7 Å². The van der Waals surface area contributed by atoms with Crippen LogP contribution in [-0.4, -0.2) is 9.78 Å². The normalized spacial score (nSPS) is 11.1. The van der Waals surface area contributed by atoms with Gasteiger partial charge in [-0.3, -0.25) is 4.68 Å². The van der Waals surface area contributed by atoms with E-state index in [4.69, 9.17) is 0 Å². The third-order valence-corrected chi connectivity index (χ3v) is 4.67. The Balaban J connectivity index is 1.68. The van der Waals surface area contributed by atoms with Crippen molar-refractivity contribution < 1.29 is 8.78 Å². The molecular weight excluding hydrogens is 344 g/mol. The lowest BCUT2D eigenvalue weighted by molar-refractivity contribution is 0.626. The molecule has 3 aromatic carbocycles. The summed E-state index contributed by atoms with van der Waals surface area (Å²) in [5, 5.41) is 5.35. The van der Waals surface area contributed by atoms with Crippen LogP contribution in [0.3, 0.4) is 0 Å². The summed E-state index contributed by atoms with van der Waals surface area (Å²) < 4.78 is 28.3. The Morgan fingerprint density at radius 3 is 1.93 bits per heavy atom. The quantitative estimate of drug-likeness (QED) is 0.494. The summed E-state index contributed by atoms with van der Waals surface area (Å²) >= 11 is 0. The number of hydrogen-bond donors (Lipinski definition) is 0. The minimum atomic E-state index is -0.249. The maximum Gasteiger partial charge on any atom is 0.123 e. The van der Waals surface area contributed by atoms with Gasteiger partial charge in [0.15, 0.2) is 0 Å². The average molecular weight is 363 g/mol. The molecule has 5 heteroatoms. The first-order valence-electron chi connectivity index (χ1n) is 8.74. The molecule has 0 saturated heterocycles. The number of anilines is 1. The van der Waals surface area contributed by atoms with E-state index in [2.05, 4.69) is 22.1 Å². The highest BCUT2D eigenvalue weighted by Crippen LogP contribution is 2.25. The molecule has 0 amide bonds. The Bertz CT molecular complexity index is 1010. The summed E-state index contributed by atoms with van der Waals surface area (Å²) in [4.78, 5) is 2.19. The second-order valence-electron chi connectivity index (χ2n) is 6.62. The molecule has 4 rings (SSSR count). The molecule has 0 spiro atoms. The van der Waals surface area contributed by atoms with Crippen molar-refractivity contribution in [2.75, 3.05) is 4.90 Å². The summed E-state index contributed by atoms with van der Waals surface area (Å²) in [7, 11) is 1.91. The first-order valence-corrected chi connectivity index (χ1v) is 8.74. The molecule has 1 heterocycles. The summed E-state index contributed by atoms with van der Waals surface area (Å²) in [6.07, 6.45) is 1.84. The zero-order valence-electron chi connectivity index (χ0n) is 14.9. The van der Waals surface area contributed by atoms with Gasteiger partial charge in [-0.2, -0.15) is 5.10 Å². The lowest BCUT2D eigenvalue weighted by atomic mass is 10.1. The third-order valence-electron chi connectivity index (χ3n) is 4.67. The molecular formula is C22H19F2N3. The van der Waals surface area contributed by atoms with Crippen LogP contribution in [0, 0.1) is 11.6 Å². The minimum absolute atomic E-state index is 0.249. The topological polar surface area (TPSA) is 21.1 Å². The number of rotatable bonds is 5. The molecule has 0 aliphatic heterocycles. The van der Waals surface area contributed by atoms with E-state index in [1.165, 1.54) is 24.3 Å². The van der Waals surface area contributed by atoms with Gasteiger partial charge in [-0.15, -0.1) is 0 Å². The van der Waals surface area contributed by atoms with E-state index in [9.17, 15) is 8.78 Å². The van der Waals surface area contributed by atoms with Crippen LogP contribution in [0.1, 0.15) is 11.1 Å². The Labute approximate surface area is 156 Å². The van der Waals surface area contributed by atoms with Crippen molar-refractivity contribution in [3.63, 3.8) is 0 Å². The highest BCUT2D eigenvalue weighted by molar-refractivity contribution is 5.82. The van der Waals surface area contributed by atoms with Crippen LogP contribution in [0.15, 0.2) is 72.9 Å². The summed E-state index contributed by atoms with van der Waals surface area (Å²) in [6, 6.07) is 19.2. The van der Waals surface area contributed by atoms with Gasteiger partial charge < -0.3 is 4.90 Å². The average Bonchev–Trinajstić information content (AvgIpc) is 3.05. The molecule has 3 nitrogen and oxygen atoms in total.